The Morgan fingerprint density at radius 2 is 1.75 bits per heavy atom. The molecule has 0 saturated carbocycles. The number of nitro benzene ring substituents is 1. The van der Waals surface area contributed by atoms with Gasteiger partial charge in [0, 0.05) is 28.9 Å². The van der Waals surface area contributed by atoms with Gasteiger partial charge in [0.2, 0.25) is 7.28 Å². The summed E-state index contributed by atoms with van der Waals surface area (Å²) in [5, 5.41) is 11.6. The third-order valence-corrected chi connectivity index (χ3v) is 8.71. The second kappa shape index (κ2) is 8.24. The lowest BCUT2D eigenvalue weighted by atomic mass is 10.2. The van der Waals surface area contributed by atoms with Crippen LogP contribution in [-0.4, -0.2) is 15.1 Å². The number of para-hydroxylation sites is 1. The summed E-state index contributed by atoms with van der Waals surface area (Å²) in [4.78, 5) is 15.2. The number of hydrogen-bond acceptors (Lipinski definition) is 6. The second-order valence-corrected chi connectivity index (χ2v) is 11.7. The van der Waals surface area contributed by atoms with Gasteiger partial charge < -0.3 is 8.94 Å². The normalized spacial score (nSPS) is 13.5. The molecule has 0 fully saturated rings. The molecule has 2 heterocycles. The number of benzene rings is 2. The van der Waals surface area contributed by atoms with Crippen molar-refractivity contribution in [1.82, 2.24) is 4.98 Å². The van der Waals surface area contributed by atoms with E-state index in [2.05, 4.69) is 25.8 Å². The van der Waals surface area contributed by atoms with Gasteiger partial charge in [-0.05, 0) is 43.3 Å². The number of rotatable bonds is 5. The van der Waals surface area contributed by atoms with Gasteiger partial charge in [-0.3, -0.25) is 15.1 Å². The van der Waals surface area contributed by atoms with Crippen molar-refractivity contribution in [3.8, 4) is 5.75 Å². The fourth-order valence-electron chi connectivity index (χ4n) is 3.41. The lowest BCUT2D eigenvalue weighted by molar-refractivity contribution is -0.384. The number of nitrogens with zero attached hydrogens (tertiary/aromatic N) is 3. The van der Waals surface area contributed by atoms with Crippen LogP contribution in [0.4, 0.5) is 11.4 Å². The molecule has 0 spiro atoms. The van der Waals surface area contributed by atoms with Crippen molar-refractivity contribution in [1.29, 1.82) is 0 Å². The van der Waals surface area contributed by atoms with Gasteiger partial charge in [-0.25, -0.2) is 4.74 Å². The average molecular weight is 449 g/mol. The molecular weight excluding hydrogens is 425 g/mol. The highest BCUT2D eigenvalue weighted by molar-refractivity contribution is 7.70. The Labute approximate surface area is 186 Å². The van der Waals surface area contributed by atoms with E-state index in [-0.39, 0.29) is 5.69 Å². The molecule has 0 aliphatic rings. The van der Waals surface area contributed by atoms with Crippen molar-refractivity contribution in [2.24, 2.45) is 4.74 Å². The van der Waals surface area contributed by atoms with Gasteiger partial charge in [0.15, 0.2) is 11.3 Å². The Balaban J connectivity index is 1.98. The van der Waals surface area contributed by atoms with E-state index >= 15 is 0 Å². The minimum absolute atomic E-state index is 0.0108. The van der Waals surface area contributed by atoms with Gasteiger partial charge in [-0.2, -0.15) is 0 Å². The number of aromatic nitrogens is 1. The Hall–Kier alpha value is -3.44. The fourth-order valence-corrected chi connectivity index (χ4v) is 6.31. The summed E-state index contributed by atoms with van der Waals surface area (Å²) in [6.07, 6.45) is 1.73. The minimum Gasteiger partial charge on any atom is -0.457 e. The first-order chi connectivity index (χ1) is 15.2. The van der Waals surface area contributed by atoms with Crippen LogP contribution >= 0.6 is 7.28 Å². The van der Waals surface area contributed by atoms with Crippen molar-refractivity contribution in [3.05, 3.63) is 88.8 Å². The summed E-state index contributed by atoms with van der Waals surface area (Å²) in [6, 6.07) is 19.6. The average Bonchev–Trinajstić information content (AvgIpc) is 3.19. The van der Waals surface area contributed by atoms with Crippen LogP contribution in [0, 0.1) is 17.0 Å². The second-order valence-electron chi connectivity index (χ2n) is 8.43. The maximum Gasteiger partial charge on any atom is 0.269 e. The third-order valence-electron chi connectivity index (χ3n) is 5.08. The Morgan fingerprint density at radius 3 is 2.38 bits per heavy atom. The van der Waals surface area contributed by atoms with Crippen LogP contribution < -0.4 is 10.0 Å². The van der Waals surface area contributed by atoms with Crippen molar-refractivity contribution < 1.29 is 13.9 Å². The number of pyridine rings is 1. The number of aryl methyl sites for hydroxylation is 1. The Bertz CT molecular complexity index is 1330. The molecule has 2 aromatic heterocycles. The van der Waals surface area contributed by atoms with Crippen molar-refractivity contribution in [2.45, 2.75) is 32.9 Å². The molecule has 1 atom stereocenters. The van der Waals surface area contributed by atoms with E-state index < -0.39 is 17.4 Å². The van der Waals surface area contributed by atoms with Crippen LogP contribution in [0.3, 0.4) is 0 Å². The first kappa shape index (κ1) is 21.8. The molecule has 32 heavy (non-hydrogen) atoms. The highest BCUT2D eigenvalue weighted by atomic mass is 31.2. The van der Waals surface area contributed by atoms with Crippen molar-refractivity contribution >= 4 is 35.1 Å². The van der Waals surface area contributed by atoms with Gasteiger partial charge in [0.05, 0.1) is 10.6 Å². The van der Waals surface area contributed by atoms with Crippen LogP contribution in [-0.2, 0) is 0 Å². The molecule has 0 amide bonds. The summed E-state index contributed by atoms with van der Waals surface area (Å²) in [5.41, 5.74) is 1.98. The SMILES string of the molecule is Cc1ccc(P(=Nc2ccc([N+](=O)[O-])cc2)(Oc2cccc3cccnc23)C(C)(C)C)o1. The van der Waals surface area contributed by atoms with Crippen molar-refractivity contribution in [2.75, 3.05) is 0 Å². The van der Waals surface area contributed by atoms with E-state index in [4.69, 9.17) is 13.7 Å². The minimum atomic E-state index is -2.85. The van der Waals surface area contributed by atoms with E-state index in [0.717, 1.165) is 16.7 Å². The number of non-ortho nitro benzene ring substituents is 1. The molecule has 0 N–H and O–H groups in total. The molecule has 0 bridgehead atoms. The molecule has 0 saturated heterocycles. The fraction of sp³-hybridized carbons (Fsp3) is 0.208. The number of fused-ring (bicyclic) bond motifs is 1. The van der Waals surface area contributed by atoms with Gasteiger partial charge in [-0.15, -0.1) is 0 Å². The van der Waals surface area contributed by atoms with Gasteiger partial charge in [0.1, 0.15) is 11.3 Å². The number of furan rings is 1. The number of nitro groups is 1. The molecule has 4 rings (SSSR count). The van der Waals surface area contributed by atoms with Gasteiger partial charge in [0.25, 0.3) is 5.69 Å². The molecule has 1 unspecified atom stereocenters. The summed E-state index contributed by atoms with van der Waals surface area (Å²) < 4.78 is 18.0. The molecule has 4 aromatic rings. The smallest absolute Gasteiger partial charge is 0.269 e. The van der Waals surface area contributed by atoms with Gasteiger partial charge in [-0.1, -0.05) is 39.0 Å². The molecule has 2 aromatic carbocycles. The van der Waals surface area contributed by atoms with E-state index in [0.29, 0.717) is 16.9 Å². The topological polar surface area (TPSA) is 90.8 Å². The summed E-state index contributed by atoms with van der Waals surface area (Å²) in [6.45, 7) is 8.07. The first-order valence-electron chi connectivity index (χ1n) is 10.2. The highest BCUT2D eigenvalue weighted by Crippen LogP contribution is 2.62. The Morgan fingerprint density at radius 1 is 1.03 bits per heavy atom. The maximum absolute atomic E-state index is 11.1. The molecular formula is C24H24N3O4P. The monoisotopic (exact) mass is 449 g/mol. The summed E-state index contributed by atoms with van der Waals surface area (Å²) >= 11 is 0. The quantitative estimate of drug-likeness (QED) is 0.186. The van der Waals surface area contributed by atoms with E-state index in [9.17, 15) is 10.1 Å². The zero-order valence-corrected chi connectivity index (χ0v) is 19.2. The molecule has 0 radical (unpaired) electrons. The van der Waals surface area contributed by atoms with E-state index in [1.54, 1.807) is 18.3 Å². The number of hydrogen-bond donors (Lipinski definition) is 0. The zero-order valence-electron chi connectivity index (χ0n) is 18.4. The van der Waals surface area contributed by atoms with Crippen LogP contribution in [0.25, 0.3) is 10.9 Å². The molecule has 0 aliphatic carbocycles. The molecule has 8 heteroatoms. The van der Waals surface area contributed by atoms with Crippen LogP contribution in [0.5, 0.6) is 5.75 Å². The lowest BCUT2D eigenvalue weighted by Crippen LogP contribution is -2.26. The first-order valence-corrected chi connectivity index (χ1v) is 11.8. The van der Waals surface area contributed by atoms with Crippen LogP contribution in [0.2, 0.25) is 0 Å². The molecule has 0 aliphatic heterocycles. The largest absolute Gasteiger partial charge is 0.457 e. The molecule has 164 valence electrons. The van der Waals surface area contributed by atoms with Gasteiger partial charge >= 0.3 is 0 Å². The van der Waals surface area contributed by atoms with Crippen LogP contribution in [0.15, 0.2) is 82.1 Å². The predicted molar refractivity (Wildman–Crippen MR) is 127 cm³/mol. The summed E-state index contributed by atoms with van der Waals surface area (Å²) in [5.74, 6) is 1.37. The lowest BCUT2D eigenvalue weighted by Gasteiger charge is -2.35. The summed E-state index contributed by atoms with van der Waals surface area (Å²) in [7, 11) is -2.85. The van der Waals surface area contributed by atoms with Crippen molar-refractivity contribution in [3.63, 3.8) is 0 Å². The third kappa shape index (κ3) is 4.04. The predicted octanol–water partition coefficient (Wildman–Crippen LogP) is 7.00. The maximum atomic E-state index is 11.1. The van der Waals surface area contributed by atoms with Crippen LogP contribution in [0.1, 0.15) is 26.5 Å². The molecule has 7 nitrogen and oxygen atoms in total. The van der Waals surface area contributed by atoms with E-state index in [1.165, 1.54) is 12.1 Å². The van der Waals surface area contributed by atoms with E-state index in [1.807, 2.05) is 49.4 Å². The standard InChI is InChI=1S/C24H24N3O4P/c1-17-10-15-22(30-17)32(24(2,3)4,26-19-11-13-20(14-12-19)27(28)29)31-21-9-5-7-18-8-6-16-25-23(18)21/h5-16H,1-4H3. The Kier molecular flexibility index (Phi) is 5.61. The highest BCUT2D eigenvalue weighted by Gasteiger charge is 2.42. The zero-order chi connectivity index (χ0) is 22.9.